The minimum atomic E-state index is 0.902. The molecule has 0 spiro atoms. The van der Waals surface area contributed by atoms with Gasteiger partial charge in [-0.25, -0.2) is 0 Å². The molecule has 0 saturated heterocycles. The maximum atomic E-state index is 6.23. The van der Waals surface area contributed by atoms with Gasteiger partial charge in [0.05, 0.1) is 0 Å². The second-order valence-corrected chi connectivity index (χ2v) is 15.5. The van der Waals surface area contributed by atoms with Crippen molar-refractivity contribution in [3.05, 3.63) is 218 Å². The largest absolute Gasteiger partial charge is 0.456 e. The van der Waals surface area contributed by atoms with Gasteiger partial charge in [0, 0.05) is 10.8 Å². The first kappa shape index (κ1) is 33.4. The average molecular weight is 749 g/mol. The molecular formula is C58H36O. The minimum Gasteiger partial charge on any atom is -0.456 e. The predicted octanol–water partition coefficient (Wildman–Crippen LogP) is 16.5. The fraction of sp³-hybridized carbons (Fsp3) is 0. The Labute approximate surface area is 342 Å². The van der Waals surface area contributed by atoms with Crippen LogP contribution < -0.4 is 0 Å². The summed E-state index contributed by atoms with van der Waals surface area (Å²) in [5.74, 6) is 0. The Balaban J connectivity index is 1.06. The second-order valence-electron chi connectivity index (χ2n) is 15.5. The van der Waals surface area contributed by atoms with Gasteiger partial charge in [0.1, 0.15) is 11.2 Å². The number of benzene rings is 11. The molecule has 1 heterocycles. The highest BCUT2D eigenvalue weighted by atomic mass is 16.3. The highest BCUT2D eigenvalue weighted by molar-refractivity contribution is 6.25. The summed E-state index contributed by atoms with van der Waals surface area (Å²) in [4.78, 5) is 0. The smallest absolute Gasteiger partial charge is 0.135 e. The van der Waals surface area contributed by atoms with E-state index >= 15 is 0 Å². The summed E-state index contributed by atoms with van der Waals surface area (Å²) in [7, 11) is 0. The fourth-order valence-electron chi connectivity index (χ4n) is 9.65. The lowest BCUT2D eigenvalue weighted by atomic mass is 9.83. The summed E-state index contributed by atoms with van der Waals surface area (Å²) in [6, 6.07) is 79.6. The molecule has 12 rings (SSSR count). The van der Waals surface area contributed by atoms with Crippen LogP contribution in [0.1, 0.15) is 0 Å². The molecule has 12 aromatic rings. The normalized spacial score (nSPS) is 11.7. The molecule has 0 atom stereocenters. The van der Waals surface area contributed by atoms with Crippen molar-refractivity contribution in [2.45, 2.75) is 0 Å². The molecule has 1 nitrogen and oxygen atoms in total. The van der Waals surface area contributed by atoms with E-state index in [4.69, 9.17) is 4.42 Å². The molecule has 0 aliphatic heterocycles. The minimum absolute atomic E-state index is 0.902. The van der Waals surface area contributed by atoms with Crippen molar-refractivity contribution in [1.82, 2.24) is 0 Å². The van der Waals surface area contributed by atoms with E-state index in [1.54, 1.807) is 0 Å². The lowest BCUT2D eigenvalue weighted by Crippen LogP contribution is -1.93. The van der Waals surface area contributed by atoms with Crippen LogP contribution in [0.25, 0.3) is 121 Å². The Bertz CT molecular complexity index is 3530. The molecule has 0 unspecified atom stereocenters. The molecule has 0 saturated carbocycles. The third-order valence-electron chi connectivity index (χ3n) is 12.3. The van der Waals surface area contributed by atoms with Gasteiger partial charge < -0.3 is 4.42 Å². The molecule has 11 aromatic carbocycles. The van der Waals surface area contributed by atoms with Gasteiger partial charge in [0.25, 0.3) is 0 Å². The van der Waals surface area contributed by atoms with Gasteiger partial charge in [-0.3, -0.25) is 0 Å². The van der Waals surface area contributed by atoms with Crippen LogP contribution in [0, 0.1) is 0 Å². The van der Waals surface area contributed by atoms with Crippen LogP contribution in [-0.4, -0.2) is 0 Å². The summed E-state index contributed by atoms with van der Waals surface area (Å²) >= 11 is 0. The van der Waals surface area contributed by atoms with Gasteiger partial charge in [-0.05, 0) is 117 Å². The third kappa shape index (κ3) is 5.33. The molecule has 0 amide bonds. The van der Waals surface area contributed by atoms with E-state index in [0.29, 0.717) is 0 Å². The Morgan fingerprint density at radius 1 is 0.220 bits per heavy atom. The fourth-order valence-corrected chi connectivity index (χ4v) is 9.65. The van der Waals surface area contributed by atoms with Gasteiger partial charge >= 0.3 is 0 Å². The first-order valence-electron chi connectivity index (χ1n) is 20.3. The molecule has 1 aromatic heterocycles. The summed E-state index contributed by atoms with van der Waals surface area (Å²) in [6.45, 7) is 0. The summed E-state index contributed by atoms with van der Waals surface area (Å²) in [6.07, 6.45) is 0. The van der Waals surface area contributed by atoms with Gasteiger partial charge in [-0.1, -0.05) is 200 Å². The van der Waals surface area contributed by atoms with Crippen molar-refractivity contribution in [2.75, 3.05) is 0 Å². The number of para-hydroxylation sites is 1. The zero-order chi connectivity index (χ0) is 38.9. The van der Waals surface area contributed by atoms with Crippen LogP contribution in [0.4, 0.5) is 0 Å². The summed E-state index contributed by atoms with van der Waals surface area (Å²) < 4.78 is 6.23. The van der Waals surface area contributed by atoms with Crippen molar-refractivity contribution in [3.63, 3.8) is 0 Å². The second kappa shape index (κ2) is 13.4. The maximum absolute atomic E-state index is 6.23. The van der Waals surface area contributed by atoms with E-state index in [1.165, 1.54) is 93.2 Å². The van der Waals surface area contributed by atoms with Crippen LogP contribution in [-0.2, 0) is 0 Å². The molecule has 0 bridgehead atoms. The molecular weight excluding hydrogens is 713 g/mol. The van der Waals surface area contributed by atoms with Crippen LogP contribution in [0.3, 0.4) is 0 Å². The standard InChI is InChI=1S/C58H36O/c1-2-14-37(15-3-1)43-23-12-24-44(41-33-35-55-53(36-41)47-18-10-11-27-54(47)59-55)56(43)39-28-30-40(31-29-39)57-49-19-6-8-21-51(49)58(52-22-9-7-20-50(52)57)48-26-13-25-45-42-17-5-4-16-38(42)32-34-46(45)48/h1-36H. The molecule has 1 heteroatoms. The van der Waals surface area contributed by atoms with Crippen LogP contribution >= 0.6 is 0 Å². The number of hydrogen-bond acceptors (Lipinski definition) is 1. The third-order valence-corrected chi connectivity index (χ3v) is 12.3. The van der Waals surface area contributed by atoms with Crippen molar-refractivity contribution in [3.8, 4) is 55.6 Å². The van der Waals surface area contributed by atoms with E-state index in [2.05, 4.69) is 206 Å². The summed E-state index contributed by atoms with van der Waals surface area (Å²) in [5.41, 5.74) is 13.9. The number of fused-ring (bicyclic) bond motifs is 8. The highest BCUT2D eigenvalue weighted by Gasteiger charge is 2.20. The Hall–Kier alpha value is -7.74. The van der Waals surface area contributed by atoms with E-state index < -0.39 is 0 Å². The Morgan fingerprint density at radius 3 is 1.46 bits per heavy atom. The molecule has 0 aliphatic rings. The van der Waals surface area contributed by atoms with E-state index in [-0.39, 0.29) is 0 Å². The molecule has 59 heavy (non-hydrogen) atoms. The Morgan fingerprint density at radius 2 is 0.729 bits per heavy atom. The van der Waals surface area contributed by atoms with Crippen LogP contribution in [0.2, 0.25) is 0 Å². The topological polar surface area (TPSA) is 13.1 Å². The van der Waals surface area contributed by atoms with Gasteiger partial charge in [-0.15, -0.1) is 0 Å². The molecule has 0 fully saturated rings. The zero-order valence-electron chi connectivity index (χ0n) is 32.2. The first-order chi connectivity index (χ1) is 29.3. The van der Waals surface area contributed by atoms with Gasteiger partial charge in [-0.2, -0.15) is 0 Å². The number of rotatable bonds is 5. The molecule has 0 aliphatic carbocycles. The quantitative estimate of drug-likeness (QED) is 0.126. The summed E-state index contributed by atoms with van der Waals surface area (Å²) in [5, 5.41) is 12.4. The molecule has 0 radical (unpaired) electrons. The number of furan rings is 1. The number of hydrogen-bond donors (Lipinski definition) is 0. The Kier molecular flexibility index (Phi) is 7.61. The van der Waals surface area contributed by atoms with Crippen LogP contribution in [0.5, 0.6) is 0 Å². The van der Waals surface area contributed by atoms with Gasteiger partial charge in [0.2, 0.25) is 0 Å². The highest BCUT2D eigenvalue weighted by Crippen LogP contribution is 2.47. The van der Waals surface area contributed by atoms with Crippen molar-refractivity contribution >= 4 is 65.0 Å². The van der Waals surface area contributed by atoms with Crippen molar-refractivity contribution < 1.29 is 4.42 Å². The van der Waals surface area contributed by atoms with E-state index in [0.717, 1.165) is 27.5 Å². The zero-order valence-corrected chi connectivity index (χ0v) is 32.2. The lowest BCUT2D eigenvalue weighted by Gasteiger charge is -2.20. The molecule has 0 N–H and O–H groups in total. The van der Waals surface area contributed by atoms with Crippen molar-refractivity contribution in [1.29, 1.82) is 0 Å². The SMILES string of the molecule is c1ccc(-c2cccc(-c3ccc4oc5ccccc5c4c3)c2-c2ccc(-c3c4ccccc4c(-c4cccc5c4ccc4ccccc45)c4ccccc34)cc2)cc1. The van der Waals surface area contributed by atoms with Crippen molar-refractivity contribution in [2.24, 2.45) is 0 Å². The maximum Gasteiger partial charge on any atom is 0.135 e. The first-order valence-corrected chi connectivity index (χ1v) is 20.3. The van der Waals surface area contributed by atoms with E-state index in [9.17, 15) is 0 Å². The van der Waals surface area contributed by atoms with E-state index in [1.807, 2.05) is 12.1 Å². The predicted molar refractivity (Wildman–Crippen MR) is 251 cm³/mol. The lowest BCUT2D eigenvalue weighted by molar-refractivity contribution is 0.669. The molecule has 274 valence electrons. The average Bonchev–Trinajstić information content (AvgIpc) is 3.69. The van der Waals surface area contributed by atoms with Crippen LogP contribution in [0.15, 0.2) is 223 Å². The monoisotopic (exact) mass is 748 g/mol. The van der Waals surface area contributed by atoms with Gasteiger partial charge in [0.15, 0.2) is 0 Å².